The number of nitrogens with one attached hydrogen (secondary N) is 1. The molecule has 0 aliphatic carbocycles. The molecule has 0 spiro atoms. The van der Waals surface area contributed by atoms with Gasteiger partial charge in [0, 0.05) is 25.6 Å². The van der Waals surface area contributed by atoms with Crippen molar-refractivity contribution < 1.29 is 14.3 Å². The largest absolute Gasteiger partial charge is 0.449 e. The fourth-order valence-electron chi connectivity index (χ4n) is 2.05. The maximum Gasteiger partial charge on any atom is 0.409 e. The molecular formula is C14H26N2O3. The van der Waals surface area contributed by atoms with Crippen molar-refractivity contribution in [1.82, 2.24) is 10.2 Å². The van der Waals surface area contributed by atoms with Gasteiger partial charge in [0.05, 0.1) is 6.61 Å². The van der Waals surface area contributed by atoms with E-state index in [1.165, 1.54) is 0 Å². The number of carbonyl (C=O) groups excluding carboxylic acids is 2. The van der Waals surface area contributed by atoms with Gasteiger partial charge in [-0.05, 0) is 25.2 Å². The highest BCUT2D eigenvalue weighted by molar-refractivity contribution is 5.79. The molecule has 0 aromatic rings. The van der Waals surface area contributed by atoms with Crippen molar-refractivity contribution in [3.05, 3.63) is 0 Å². The third kappa shape index (κ3) is 5.49. The molecule has 0 aromatic heterocycles. The second-order valence-corrected chi connectivity index (χ2v) is 5.52. The summed E-state index contributed by atoms with van der Waals surface area (Å²) < 4.78 is 5.19. The van der Waals surface area contributed by atoms with Gasteiger partial charge in [-0.1, -0.05) is 20.8 Å². The van der Waals surface area contributed by atoms with E-state index in [-0.39, 0.29) is 17.9 Å². The number of carbonyl (C=O) groups is 2. The van der Waals surface area contributed by atoms with E-state index in [0.29, 0.717) is 25.6 Å². The van der Waals surface area contributed by atoms with Crippen LogP contribution in [0, 0.1) is 11.8 Å². The molecule has 5 heteroatoms. The molecule has 5 nitrogen and oxygen atoms in total. The van der Waals surface area contributed by atoms with Gasteiger partial charge in [-0.3, -0.25) is 4.79 Å². The normalized spacial score (nSPS) is 16.5. The van der Waals surface area contributed by atoms with Crippen LogP contribution in [0.5, 0.6) is 0 Å². The molecule has 1 rings (SSSR count). The Morgan fingerprint density at radius 2 is 1.95 bits per heavy atom. The smallest absolute Gasteiger partial charge is 0.409 e. The Morgan fingerprint density at radius 1 is 1.32 bits per heavy atom. The first-order valence-corrected chi connectivity index (χ1v) is 7.24. The molecule has 2 amide bonds. The molecule has 0 bridgehead atoms. The van der Waals surface area contributed by atoms with Gasteiger partial charge in [0.2, 0.25) is 5.91 Å². The molecule has 1 N–H and O–H groups in total. The van der Waals surface area contributed by atoms with Gasteiger partial charge in [-0.25, -0.2) is 4.79 Å². The zero-order valence-corrected chi connectivity index (χ0v) is 12.3. The van der Waals surface area contributed by atoms with Crippen molar-refractivity contribution >= 4 is 12.0 Å². The van der Waals surface area contributed by atoms with Crippen LogP contribution in [-0.4, -0.2) is 43.1 Å². The third-order valence-electron chi connectivity index (χ3n) is 3.21. The zero-order chi connectivity index (χ0) is 14.3. The van der Waals surface area contributed by atoms with Gasteiger partial charge in [0.25, 0.3) is 0 Å². The van der Waals surface area contributed by atoms with Gasteiger partial charge in [-0.2, -0.15) is 0 Å². The van der Waals surface area contributed by atoms with Gasteiger partial charge in [0.1, 0.15) is 0 Å². The van der Waals surface area contributed by atoms with Crippen LogP contribution < -0.4 is 5.32 Å². The number of hydrogen-bond acceptors (Lipinski definition) is 3. The monoisotopic (exact) mass is 270 g/mol. The topological polar surface area (TPSA) is 58.6 Å². The van der Waals surface area contributed by atoms with Crippen LogP contribution in [0.3, 0.4) is 0 Å². The van der Waals surface area contributed by atoms with Crippen molar-refractivity contribution in [3.8, 4) is 0 Å². The summed E-state index contributed by atoms with van der Waals surface area (Å²) in [5, 5.41) is 2.91. The lowest BCUT2D eigenvalue weighted by Crippen LogP contribution is -2.43. The predicted molar refractivity (Wildman–Crippen MR) is 73.8 cm³/mol. The van der Waals surface area contributed by atoms with Crippen molar-refractivity contribution in [2.24, 2.45) is 11.8 Å². The Labute approximate surface area is 115 Å². The summed E-state index contributed by atoms with van der Waals surface area (Å²) in [7, 11) is 0. The van der Waals surface area contributed by atoms with E-state index >= 15 is 0 Å². The summed E-state index contributed by atoms with van der Waals surface area (Å²) in [6.07, 6.45) is 2.16. The highest BCUT2D eigenvalue weighted by atomic mass is 16.6. The maximum absolute atomic E-state index is 11.8. The minimum Gasteiger partial charge on any atom is -0.449 e. The quantitative estimate of drug-likeness (QED) is 0.831. The minimum atomic E-state index is -0.249. The first kappa shape index (κ1) is 15.8. The lowest BCUT2D eigenvalue weighted by Gasteiger charge is -2.30. The Bertz CT molecular complexity index is 297. The lowest BCUT2D eigenvalue weighted by molar-refractivity contribution is -0.126. The Balaban J connectivity index is 2.28. The molecule has 0 saturated carbocycles. The molecule has 1 aliphatic rings. The highest BCUT2D eigenvalue weighted by Crippen LogP contribution is 2.18. The Morgan fingerprint density at radius 3 is 2.47 bits per heavy atom. The fraction of sp³-hybridized carbons (Fsp3) is 0.857. The van der Waals surface area contributed by atoms with E-state index in [1.54, 1.807) is 4.90 Å². The number of nitrogens with zero attached hydrogens (tertiary/aromatic N) is 1. The number of likely N-dealkylation sites (tertiary alicyclic amines) is 1. The lowest BCUT2D eigenvalue weighted by atomic mass is 9.96. The number of amides is 2. The van der Waals surface area contributed by atoms with Crippen molar-refractivity contribution in [2.45, 2.75) is 40.0 Å². The van der Waals surface area contributed by atoms with Gasteiger partial charge >= 0.3 is 6.09 Å². The molecule has 1 heterocycles. The van der Waals surface area contributed by atoms with E-state index < -0.39 is 0 Å². The maximum atomic E-state index is 11.8. The summed E-state index contributed by atoms with van der Waals surface area (Å²) in [6.45, 7) is 8.47. The van der Waals surface area contributed by atoms with E-state index in [0.717, 1.165) is 25.8 Å². The average Bonchev–Trinajstić information content (AvgIpc) is 2.42. The van der Waals surface area contributed by atoms with Crippen LogP contribution >= 0.6 is 0 Å². The van der Waals surface area contributed by atoms with E-state index in [9.17, 15) is 9.59 Å². The second-order valence-electron chi connectivity index (χ2n) is 5.52. The predicted octanol–water partition coefficient (Wildman–Crippen LogP) is 2.02. The summed E-state index contributed by atoms with van der Waals surface area (Å²) in [5.41, 5.74) is 0. The van der Waals surface area contributed by atoms with Crippen molar-refractivity contribution in [3.63, 3.8) is 0 Å². The molecule has 0 radical (unpaired) electrons. The van der Waals surface area contributed by atoms with Crippen molar-refractivity contribution in [2.75, 3.05) is 26.2 Å². The molecule has 19 heavy (non-hydrogen) atoms. The van der Waals surface area contributed by atoms with Gasteiger partial charge in [0.15, 0.2) is 0 Å². The number of ether oxygens (including phenoxy) is 1. The van der Waals surface area contributed by atoms with Crippen LogP contribution in [0.1, 0.15) is 40.0 Å². The molecule has 1 saturated heterocycles. The zero-order valence-electron chi connectivity index (χ0n) is 12.3. The van der Waals surface area contributed by atoms with Crippen LogP contribution in [0.2, 0.25) is 0 Å². The Kier molecular flexibility index (Phi) is 6.67. The highest BCUT2D eigenvalue weighted by Gasteiger charge is 2.27. The second kappa shape index (κ2) is 8.02. The molecule has 0 unspecified atom stereocenters. The van der Waals surface area contributed by atoms with E-state index in [4.69, 9.17) is 4.74 Å². The third-order valence-corrected chi connectivity index (χ3v) is 3.21. The van der Waals surface area contributed by atoms with Crippen LogP contribution in [0.4, 0.5) is 4.79 Å². The molecular weight excluding hydrogens is 244 g/mol. The van der Waals surface area contributed by atoms with E-state index in [1.807, 2.05) is 20.8 Å². The Hall–Kier alpha value is -1.26. The fourth-order valence-corrected chi connectivity index (χ4v) is 2.05. The first-order chi connectivity index (χ1) is 9.04. The molecule has 1 fully saturated rings. The summed E-state index contributed by atoms with van der Waals surface area (Å²) in [5.74, 6) is 0.513. The minimum absolute atomic E-state index is 0.0423. The molecule has 110 valence electrons. The van der Waals surface area contributed by atoms with Gasteiger partial charge < -0.3 is 15.0 Å². The number of rotatable bonds is 5. The molecule has 1 aliphatic heterocycles. The van der Waals surface area contributed by atoms with Crippen molar-refractivity contribution in [1.29, 1.82) is 0 Å². The summed E-state index contributed by atoms with van der Waals surface area (Å²) >= 11 is 0. The number of piperidine rings is 1. The average molecular weight is 270 g/mol. The summed E-state index contributed by atoms with van der Waals surface area (Å²) in [4.78, 5) is 25.3. The van der Waals surface area contributed by atoms with Gasteiger partial charge in [-0.15, -0.1) is 0 Å². The first-order valence-electron chi connectivity index (χ1n) is 7.24. The molecule has 0 atom stereocenters. The standard InChI is InChI=1S/C14H26N2O3/c1-4-7-15-13(17)12-5-8-16(9-6-12)14(18)19-10-11(2)3/h11-12H,4-10H2,1-3H3,(H,15,17). The SMILES string of the molecule is CCCNC(=O)C1CCN(C(=O)OCC(C)C)CC1. The summed E-state index contributed by atoms with van der Waals surface area (Å²) in [6, 6.07) is 0. The van der Waals surface area contributed by atoms with Crippen LogP contribution in [-0.2, 0) is 9.53 Å². The molecule has 0 aromatic carbocycles. The van der Waals surface area contributed by atoms with E-state index in [2.05, 4.69) is 5.32 Å². The van der Waals surface area contributed by atoms with Crippen LogP contribution in [0.25, 0.3) is 0 Å². The number of hydrogen-bond donors (Lipinski definition) is 1. The van der Waals surface area contributed by atoms with Crippen LogP contribution in [0.15, 0.2) is 0 Å².